The van der Waals surface area contributed by atoms with Crippen molar-refractivity contribution < 1.29 is 4.39 Å². The molecule has 0 amide bonds. The third-order valence-electron chi connectivity index (χ3n) is 4.40. The van der Waals surface area contributed by atoms with E-state index in [0.29, 0.717) is 16.4 Å². The molecule has 0 aliphatic rings. The normalized spacial score (nSPS) is 11.2. The van der Waals surface area contributed by atoms with Gasteiger partial charge in [-0.2, -0.15) is 0 Å². The lowest BCUT2D eigenvalue weighted by Crippen LogP contribution is -2.23. The van der Waals surface area contributed by atoms with Crippen molar-refractivity contribution in [3.8, 4) is 0 Å². The minimum Gasteiger partial charge on any atom is -0.282 e. The SMILES string of the molecule is Cc1ccccc1CSc1nc2ccsc2c(=O)n1Cc1ccc(F)cc1. The topological polar surface area (TPSA) is 34.9 Å². The average Bonchev–Trinajstić information content (AvgIpc) is 3.14. The van der Waals surface area contributed by atoms with E-state index in [1.807, 2.05) is 23.6 Å². The van der Waals surface area contributed by atoms with Gasteiger partial charge in [-0.3, -0.25) is 9.36 Å². The molecule has 3 nitrogen and oxygen atoms in total. The Morgan fingerprint density at radius 3 is 2.67 bits per heavy atom. The summed E-state index contributed by atoms with van der Waals surface area (Å²) in [5, 5.41) is 2.57. The highest BCUT2D eigenvalue weighted by Gasteiger charge is 2.14. The van der Waals surface area contributed by atoms with Crippen LogP contribution in [0.2, 0.25) is 0 Å². The summed E-state index contributed by atoms with van der Waals surface area (Å²) in [6, 6.07) is 16.3. The Labute approximate surface area is 164 Å². The largest absolute Gasteiger partial charge is 0.282 e. The molecule has 27 heavy (non-hydrogen) atoms. The zero-order valence-electron chi connectivity index (χ0n) is 14.7. The summed E-state index contributed by atoms with van der Waals surface area (Å²) >= 11 is 2.95. The third kappa shape index (κ3) is 3.82. The summed E-state index contributed by atoms with van der Waals surface area (Å²) in [7, 11) is 0. The number of hydrogen-bond donors (Lipinski definition) is 0. The fourth-order valence-electron chi connectivity index (χ4n) is 2.86. The van der Waals surface area contributed by atoms with Gasteiger partial charge in [0.25, 0.3) is 5.56 Å². The van der Waals surface area contributed by atoms with Crippen molar-refractivity contribution in [3.63, 3.8) is 0 Å². The second-order valence-electron chi connectivity index (χ2n) is 6.26. The van der Waals surface area contributed by atoms with Crippen LogP contribution in [0.1, 0.15) is 16.7 Å². The highest BCUT2D eigenvalue weighted by atomic mass is 32.2. The summed E-state index contributed by atoms with van der Waals surface area (Å²) in [5.74, 6) is 0.449. The van der Waals surface area contributed by atoms with E-state index in [-0.39, 0.29) is 11.4 Å². The number of hydrogen-bond acceptors (Lipinski definition) is 4. The van der Waals surface area contributed by atoms with Gasteiger partial charge < -0.3 is 0 Å². The van der Waals surface area contributed by atoms with E-state index >= 15 is 0 Å². The van der Waals surface area contributed by atoms with Crippen LogP contribution in [0.4, 0.5) is 4.39 Å². The molecule has 0 bridgehead atoms. The number of benzene rings is 2. The maximum atomic E-state index is 13.2. The van der Waals surface area contributed by atoms with Crippen molar-refractivity contribution >= 4 is 33.3 Å². The van der Waals surface area contributed by atoms with Gasteiger partial charge in [-0.1, -0.05) is 48.2 Å². The molecule has 2 aromatic carbocycles. The van der Waals surface area contributed by atoms with Crippen molar-refractivity contribution in [3.05, 3.63) is 92.8 Å². The lowest BCUT2D eigenvalue weighted by molar-refractivity contribution is 0.623. The number of aryl methyl sites for hydroxylation is 1. The average molecular weight is 397 g/mol. The van der Waals surface area contributed by atoms with Gasteiger partial charge in [-0.15, -0.1) is 11.3 Å². The molecule has 0 N–H and O–H groups in total. The van der Waals surface area contributed by atoms with Crippen LogP contribution in [0.15, 0.2) is 69.9 Å². The molecule has 4 rings (SSSR count). The molecule has 0 spiro atoms. The number of thiophene rings is 1. The minimum atomic E-state index is -0.285. The van der Waals surface area contributed by atoms with E-state index in [1.165, 1.54) is 34.6 Å². The predicted molar refractivity (Wildman–Crippen MR) is 110 cm³/mol. The van der Waals surface area contributed by atoms with Crippen LogP contribution in [0, 0.1) is 12.7 Å². The van der Waals surface area contributed by atoms with Gasteiger partial charge >= 0.3 is 0 Å². The second-order valence-corrected chi connectivity index (χ2v) is 8.12. The molecule has 0 fully saturated rings. The Morgan fingerprint density at radius 2 is 1.89 bits per heavy atom. The van der Waals surface area contributed by atoms with Crippen molar-refractivity contribution in [2.24, 2.45) is 0 Å². The molecule has 2 aromatic heterocycles. The van der Waals surface area contributed by atoms with Crippen molar-refractivity contribution in [2.45, 2.75) is 24.4 Å². The minimum absolute atomic E-state index is 0.0494. The molecule has 136 valence electrons. The molecule has 4 aromatic rings. The second kappa shape index (κ2) is 7.66. The van der Waals surface area contributed by atoms with Crippen molar-refractivity contribution in [1.29, 1.82) is 0 Å². The molecular formula is C21H17FN2OS2. The number of thioether (sulfide) groups is 1. The first-order valence-corrected chi connectivity index (χ1v) is 10.4. The number of fused-ring (bicyclic) bond motifs is 1. The lowest BCUT2D eigenvalue weighted by atomic mass is 10.1. The molecule has 0 saturated heterocycles. The number of nitrogens with zero attached hydrogens (tertiary/aromatic N) is 2. The number of halogens is 1. The van der Waals surface area contributed by atoms with E-state index in [1.54, 1.807) is 28.5 Å². The highest BCUT2D eigenvalue weighted by molar-refractivity contribution is 7.98. The summed E-state index contributed by atoms with van der Waals surface area (Å²) in [4.78, 5) is 17.7. The Bertz CT molecular complexity index is 1150. The van der Waals surface area contributed by atoms with Gasteiger partial charge in [0, 0.05) is 5.75 Å². The van der Waals surface area contributed by atoms with E-state index in [4.69, 9.17) is 4.98 Å². The zero-order chi connectivity index (χ0) is 18.8. The maximum Gasteiger partial charge on any atom is 0.272 e. The van der Waals surface area contributed by atoms with Crippen LogP contribution in [0.3, 0.4) is 0 Å². The van der Waals surface area contributed by atoms with Crippen LogP contribution in [0.5, 0.6) is 0 Å². The Hall–Kier alpha value is -2.44. The summed E-state index contributed by atoms with van der Waals surface area (Å²) in [5.41, 5.74) is 3.98. The predicted octanol–water partition coefficient (Wildman–Crippen LogP) is 5.25. The Kier molecular flexibility index (Phi) is 5.09. The molecule has 0 aliphatic carbocycles. The van der Waals surface area contributed by atoms with Crippen LogP contribution >= 0.6 is 23.1 Å². The van der Waals surface area contributed by atoms with Gasteiger partial charge in [0.15, 0.2) is 5.16 Å². The van der Waals surface area contributed by atoms with Crippen molar-refractivity contribution in [1.82, 2.24) is 9.55 Å². The number of rotatable bonds is 5. The molecule has 0 radical (unpaired) electrons. The first kappa shape index (κ1) is 17.9. The Morgan fingerprint density at radius 1 is 1.11 bits per heavy atom. The molecular weight excluding hydrogens is 379 g/mol. The molecule has 0 unspecified atom stereocenters. The van der Waals surface area contributed by atoms with Crippen LogP contribution in [0.25, 0.3) is 10.2 Å². The third-order valence-corrected chi connectivity index (χ3v) is 6.32. The van der Waals surface area contributed by atoms with Gasteiger partial charge in [0.1, 0.15) is 10.5 Å². The van der Waals surface area contributed by atoms with Gasteiger partial charge in [0.05, 0.1) is 12.1 Å². The summed E-state index contributed by atoms with van der Waals surface area (Å²) < 4.78 is 15.6. The van der Waals surface area contributed by atoms with E-state index in [0.717, 1.165) is 16.8 Å². The van der Waals surface area contributed by atoms with E-state index < -0.39 is 0 Å². The Balaban J connectivity index is 1.72. The summed E-state index contributed by atoms with van der Waals surface area (Å²) in [6.45, 7) is 2.45. The monoisotopic (exact) mass is 396 g/mol. The van der Waals surface area contributed by atoms with Crippen LogP contribution < -0.4 is 5.56 Å². The fourth-order valence-corrected chi connectivity index (χ4v) is 4.71. The summed E-state index contributed by atoms with van der Waals surface area (Å²) in [6.07, 6.45) is 0. The van der Waals surface area contributed by atoms with Gasteiger partial charge in [-0.05, 0) is 47.2 Å². The first-order valence-electron chi connectivity index (χ1n) is 8.51. The van der Waals surface area contributed by atoms with E-state index in [2.05, 4.69) is 19.1 Å². The maximum absolute atomic E-state index is 13.2. The van der Waals surface area contributed by atoms with Crippen molar-refractivity contribution in [2.75, 3.05) is 0 Å². The highest BCUT2D eigenvalue weighted by Crippen LogP contribution is 2.25. The quantitative estimate of drug-likeness (QED) is 0.341. The molecule has 0 aliphatic heterocycles. The molecule has 2 heterocycles. The van der Waals surface area contributed by atoms with Crippen LogP contribution in [-0.4, -0.2) is 9.55 Å². The fraction of sp³-hybridized carbons (Fsp3) is 0.143. The van der Waals surface area contributed by atoms with Crippen LogP contribution in [-0.2, 0) is 12.3 Å². The lowest BCUT2D eigenvalue weighted by Gasteiger charge is -2.13. The van der Waals surface area contributed by atoms with E-state index in [9.17, 15) is 9.18 Å². The molecule has 0 atom stereocenters. The molecule has 0 saturated carbocycles. The molecule has 6 heteroatoms. The van der Waals surface area contributed by atoms with Gasteiger partial charge in [-0.25, -0.2) is 9.37 Å². The van der Waals surface area contributed by atoms with Gasteiger partial charge in [0.2, 0.25) is 0 Å². The zero-order valence-corrected chi connectivity index (χ0v) is 16.3. The standard InChI is InChI=1S/C21H17FN2OS2/c1-14-4-2-3-5-16(14)13-27-21-23-18-10-11-26-19(18)20(25)24(21)12-15-6-8-17(22)9-7-15/h2-11H,12-13H2,1H3. The smallest absolute Gasteiger partial charge is 0.272 e. The first-order chi connectivity index (χ1) is 13.1. The number of aromatic nitrogens is 2.